The maximum Gasteiger partial charge on any atom is 0.273 e. The molecule has 2 N–H and O–H groups in total. The van der Waals surface area contributed by atoms with E-state index in [0.717, 1.165) is 0 Å². The fraction of sp³-hybridized carbons (Fsp3) is 0.385. The zero-order chi connectivity index (χ0) is 15.6. The van der Waals surface area contributed by atoms with Crippen LogP contribution < -0.4 is 10.6 Å². The normalized spacial score (nSPS) is 10.5. The topological polar surface area (TPSA) is 93.8 Å². The highest BCUT2D eigenvalue weighted by atomic mass is 16.2. The van der Waals surface area contributed by atoms with E-state index in [1.807, 2.05) is 6.92 Å². The van der Waals surface area contributed by atoms with Crippen LogP contribution in [-0.4, -0.2) is 38.4 Å². The first-order chi connectivity index (χ1) is 9.96. The van der Waals surface area contributed by atoms with Gasteiger partial charge in [-0.2, -0.15) is 10.2 Å². The van der Waals surface area contributed by atoms with Gasteiger partial charge in [0.15, 0.2) is 5.69 Å². The van der Waals surface area contributed by atoms with Crippen molar-refractivity contribution in [1.82, 2.24) is 24.9 Å². The predicted molar refractivity (Wildman–Crippen MR) is 77.2 cm³/mol. The molecule has 0 fully saturated rings. The molecule has 0 saturated carbocycles. The van der Waals surface area contributed by atoms with Gasteiger partial charge in [0.1, 0.15) is 0 Å². The Balaban J connectivity index is 2.27. The van der Waals surface area contributed by atoms with E-state index in [2.05, 4.69) is 20.8 Å². The molecule has 2 aromatic heterocycles. The van der Waals surface area contributed by atoms with Gasteiger partial charge in [-0.15, -0.1) is 0 Å². The van der Waals surface area contributed by atoms with Crippen molar-refractivity contribution < 1.29 is 9.59 Å². The van der Waals surface area contributed by atoms with Crippen LogP contribution >= 0.6 is 0 Å². The van der Waals surface area contributed by atoms with Crippen LogP contribution in [0.25, 0.3) is 0 Å². The number of anilines is 1. The summed E-state index contributed by atoms with van der Waals surface area (Å²) in [5.74, 6) is -0.669. The smallest absolute Gasteiger partial charge is 0.273 e. The Morgan fingerprint density at radius 1 is 1.24 bits per heavy atom. The maximum atomic E-state index is 12.3. The summed E-state index contributed by atoms with van der Waals surface area (Å²) in [6.45, 7) is 4.40. The van der Waals surface area contributed by atoms with Crippen LogP contribution in [-0.2, 0) is 13.6 Å². The van der Waals surface area contributed by atoms with E-state index in [9.17, 15) is 9.59 Å². The van der Waals surface area contributed by atoms with Crippen LogP contribution in [0.3, 0.4) is 0 Å². The molecule has 0 aromatic carbocycles. The first-order valence-corrected chi connectivity index (χ1v) is 6.57. The molecule has 0 spiro atoms. The molecular weight excluding hydrogens is 272 g/mol. The molecule has 21 heavy (non-hydrogen) atoms. The van der Waals surface area contributed by atoms with E-state index in [1.54, 1.807) is 31.0 Å². The van der Waals surface area contributed by atoms with Crippen molar-refractivity contribution in [2.75, 3.05) is 12.4 Å². The fourth-order valence-corrected chi connectivity index (χ4v) is 1.96. The van der Waals surface area contributed by atoms with Gasteiger partial charge in [0.05, 0.1) is 16.9 Å². The third-order valence-corrected chi connectivity index (χ3v) is 3.03. The number of nitrogens with one attached hydrogen (secondary N) is 2. The van der Waals surface area contributed by atoms with E-state index in [1.165, 1.54) is 11.7 Å². The van der Waals surface area contributed by atoms with Gasteiger partial charge in [0.2, 0.25) is 0 Å². The van der Waals surface area contributed by atoms with Crippen molar-refractivity contribution in [2.45, 2.75) is 20.4 Å². The molecule has 0 radical (unpaired) electrons. The molecule has 0 aliphatic heterocycles. The standard InChI is InChI=1S/C13H18N6O2/c1-5-19-6-9(8(2)16-19)12(20)15-10-7-18(4)17-11(10)13(21)14-3/h6-7H,5H2,1-4H3,(H,14,21)(H,15,20). The van der Waals surface area contributed by atoms with Gasteiger partial charge < -0.3 is 10.6 Å². The molecule has 2 heterocycles. The maximum absolute atomic E-state index is 12.3. The minimum Gasteiger partial charge on any atom is -0.354 e. The van der Waals surface area contributed by atoms with Crippen LogP contribution in [0.15, 0.2) is 12.4 Å². The van der Waals surface area contributed by atoms with Crippen LogP contribution in [0.2, 0.25) is 0 Å². The van der Waals surface area contributed by atoms with Crippen LogP contribution in [0.4, 0.5) is 5.69 Å². The summed E-state index contributed by atoms with van der Waals surface area (Å²) in [4.78, 5) is 24.0. The summed E-state index contributed by atoms with van der Waals surface area (Å²) in [7, 11) is 3.19. The van der Waals surface area contributed by atoms with E-state index in [4.69, 9.17) is 0 Å². The van der Waals surface area contributed by atoms with E-state index >= 15 is 0 Å². The van der Waals surface area contributed by atoms with Crippen molar-refractivity contribution in [3.8, 4) is 0 Å². The average Bonchev–Trinajstić information content (AvgIpc) is 3.00. The molecule has 8 heteroatoms. The molecule has 0 aliphatic carbocycles. The van der Waals surface area contributed by atoms with Gasteiger partial charge in [0, 0.05) is 33.0 Å². The molecule has 8 nitrogen and oxygen atoms in total. The summed E-state index contributed by atoms with van der Waals surface area (Å²) >= 11 is 0. The minimum absolute atomic E-state index is 0.175. The first kappa shape index (κ1) is 14.8. The van der Waals surface area contributed by atoms with Crippen molar-refractivity contribution in [3.63, 3.8) is 0 Å². The number of hydrogen-bond acceptors (Lipinski definition) is 4. The lowest BCUT2D eigenvalue weighted by atomic mass is 10.2. The quantitative estimate of drug-likeness (QED) is 0.860. The van der Waals surface area contributed by atoms with E-state index in [-0.39, 0.29) is 17.5 Å². The van der Waals surface area contributed by atoms with Gasteiger partial charge in [-0.25, -0.2) is 0 Å². The largest absolute Gasteiger partial charge is 0.354 e. The number of hydrogen-bond donors (Lipinski definition) is 2. The number of carbonyl (C=O) groups is 2. The lowest BCUT2D eigenvalue weighted by molar-refractivity contribution is 0.0958. The number of nitrogens with zero attached hydrogens (tertiary/aromatic N) is 4. The Bertz CT molecular complexity index is 685. The Labute approximate surface area is 122 Å². The highest BCUT2D eigenvalue weighted by molar-refractivity contribution is 6.08. The fourth-order valence-electron chi connectivity index (χ4n) is 1.96. The Morgan fingerprint density at radius 2 is 1.95 bits per heavy atom. The molecule has 0 aliphatic rings. The van der Waals surface area contributed by atoms with Crippen LogP contribution in [0.5, 0.6) is 0 Å². The summed E-state index contributed by atoms with van der Waals surface area (Å²) in [5.41, 5.74) is 1.66. The van der Waals surface area contributed by atoms with Crippen molar-refractivity contribution in [3.05, 3.63) is 29.3 Å². The van der Waals surface area contributed by atoms with Gasteiger partial charge in [-0.05, 0) is 13.8 Å². The third kappa shape index (κ3) is 2.93. The predicted octanol–water partition coefficient (Wildman–Crippen LogP) is 0.557. The minimum atomic E-state index is -0.355. The summed E-state index contributed by atoms with van der Waals surface area (Å²) < 4.78 is 3.16. The van der Waals surface area contributed by atoms with Gasteiger partial charge in [0.25, 0.3) is 11.8 Å². The van der Waals surface area contributed by atoms with Crippen molar-refractivity contribution in [2.24, 2.45) is 7.05 Å². The molecule has 0 atom stereocenters. The second-order valence-corrected chi connectivity index (χ2v) is 4.58. The second-order valence-electron chi connectivity index (χ2n) is 4.58. The molecule has 2 amide bonds. The van der Waals surface area contributed by atoms with E-state index < -0.39 is 0 Å². The molecule has 0 unspecified atom stereocenters. The first-order valence-electron chi connectivity index (χ1n) is 6.57. The monoisotopic (exact) mass is 290 g/mol. The SMILES string of the molecule is CCn1cc(C(=O)Nc2cn(C)nc2C(=O)NC)c(C)n1. The zero-order valence-corrected chi connectivity index (χ0v) is 12.5. The Hall–Kier alpha value is -2.64. The average molecular weight is 290 g/mol. The highest BCUT2D eigenvalue weighted by Gasteiger charge is 2.19. The van der Waals surface area contributed by atoms with Gasteiger partial charge in [-0.1, -0.05) is 0 Å². The Kier molecular flexibility index (Phi) is 4.06. The van der Waals surface area contributed by atoms with Gasteiger partial charge in [-0.3, -0.25) is 19.0 Å². The highest BCUT2D eigenvalue weighted by Crippen LogP contribution is 2.15. The van der Waals surface area contributed by atoms with Crippen LogP contribution in [0, 0.1) is 6.92 Å². The van der Waals surface area contributed by atoms with Gasteiger partial charge >= 0.3 is 0 Å². The summed E-state index contributed by atoms with van der Waals surface area (Å²) in [5, 5.41) is 13.5. The number of aromatic nitrogens is 4. The van der Waals surface area contributed by atoms with Crippen LogP contribution in [0.1, 0.15) is 33.5 Å². The summed E-state index contributed by atoms with van der Waals surface area (Å²) in [6.07, 6.45) is 3.27. The molecule has 112 valence electrons. The lowest BCUT2D eigenvalue weighted by Gasteiger charge is -2.03. The summed E-state index contributed by atoms with van der Waals surface area (Å²) in [6, 6.07) is 0. The molecule has 0 saturated heterocycles. The number of amides is 2. The Morgan fingerprint density at radius 3 is 2.52 bits per heavy atom. The number of rotatable bonds is 4. The van der Waals surface area contributed by atoms with Crippen molar-refractivity contribution >= 4 is 17.5 Å². The van der Waals surface area contributed by atoms with Crippen molar-refractivity contribution in [1.29, 1.82) is 0 Å². The third-order valence-electron chi connectivity index (χ3n) is 3.03. The zero-order valence-electron chi connectivity index (χ0n) is 12.5. The molecule has 2 aromatic rings. The second kappa shape index (κ2) is 5.78. The molecular formula is C13H18N6O2. The molecule has 0 bridgehead atoms. The lowest BCUT2D eigenvalue weighted by Crippen LogP contribution is -2.21. The molecule has 2 rings (SSSR count). The number of carbonyl (C=O) groups excluding carboxylic acids is 2. The number of aryl methyl sites for hydroxylation is 3. The van der Waals surface area contributed by atoms with E-state index in [0.29, 0.717) is 23.5 Å².